The summed E-state index contributed by atoms with van der Waals surface area (Å²) in [6, 6.07) is 2.10. The summed E-state index contributed by atoms with van der Waals surface area (Å²) < 4.78 is 0. The Bertz CT molecular complexity index is 342. The molecule has 0 aliphatic carbocycles. The number of fused-ring (bicyclic) bond motifs is 1. The predicted molar refractivity (Wildman–Crippen MR) is 53.6 cm³/mol. The third-order valence-electron chi connectivity index (χ3n) is 2.29. The number of carbonyl (C=O) groups excluding carboxylic acids is 1. The minimum Gasteiger partial charge on any atom is -0.334 e. The maximum Gasteiger partial charge on any atom is 0.246 e. The molecule has 3 heteroatoms. The van der Waals surface area contributed by atoms with Crippen LogP contribution in [0.2, 0.25) is 0 Å². The van der Waals surface area contributed by atoms with Crippen LogP contribution in [0.4, 0.5) is 0 Å². The fourth-order valence-corrected chi connectivity index (χ4v) is 2.46. The van der Waals surface area contributed by atoms with E-state index in [0.717, 1.165) is 19.5 Å². The number of hydrogen-bond donors (Lipinski definition) is 0. The summed E-state index contributed by atoms with van der Waals surface area (Å²) in [4.78, 5) is 14.6. The van der Waals surface area contributed by atoms with E-state index < -0.39 is 0 Å². The molecule has 2 rings (SSSR count). The molecule has 0 saturated heterocycles. The van der Waals surface area contributed by atoms with Crippen molar-refractivity contribution in [2.75, 3.05) is 6.54 Å². The Balaban J connectivity index is 2.17. The van der Waals surface area contributed by atoms with Crippen LogP contribution in [0, 0.1) is 0 Å². The van der Waals surface area contributed by atoms with Gasteiger partial charge >= 0.3 is 0 Å². The molecular weight excluding hydrogens is 182 g/mol. The van der Waals surface area contributed by atoms with Crippen molar-refractivity contribution in [1.29, 1.82) is 0 Å². The lowest BCUT2D eigenvalue weighted by Crippen LogP contribution is -2.33. The third-order valence-corrected chi connectivity index (χ3v) is 3.32. The number of carbonyl (C=O) groups is 1. The molecule has 1 aromatic heterocycles. The first-order chi connectivity index (χ1) is 6.31. The van der Waals surface area contributed by atoms with E-state index >= 15 is 0 Å². The highest BCUT2D eigenvalue weighted by Gasteiger charge is 2.19. The Morgan fingerprint density at radius 2 is 2.54 bits per heavy atom. The molecule has 1 amide bonds. The highest BCUT2D eigenvalue weighted by molar-refractivity contribution is 7.10. The first kappa shape index (κ1) is 8.51. The van der Waals surface area contributed by atoms with Crippen molar-refractivity contribution in [2.45, 2.75) is 13.0 Å². The molecule has 2 heterocycles. The molecule has 0 bridgehead atoms. The van der Waals surface area contributed by atoms with Gasteiger partial charge < -0.3 is 4.90 Å². The molecule has 13 heavy (non-hydrogen) atoms. The van der Waals surface area contributed by atoms with Crippen LogP contribution in [0.1, 0.15) is 10.4 Å². The Labute approximate surface area is 81.5 Å². The Hall–Kier alpha value is -1.09. The lowest BCUT2D eigenvalue weighted by atomic mass is 10.1. The summed E-state index contributed by atoms with van der Waals surface area (Å²) in [5.74, 6) is 0.0388. The summed E-state index contributed by atoms with van der Waals surface area (Å²) in [7, 11) is 0. The largest absolute Gasteiger partial charge is 0.334 e. The summed E-state index contributed by atoms with van der Waals surface area (Å²) in [6.07, 6.45) is 2.38. The summed E-state index contributed by atoms with van der Waals surface area (Å²) in [5.41, 5.74) is 1.30. The summed E-state index contributed by atoms with van der Waals surface area (Å²) >= 11 is 1.78. The predicted octanol–water partition coefficient (Wildman–Crippen LogP) is 1.82. The smallest absolute Gasteiger partial charge is 0.246 e. The molecule has 0 unspecified atom stereocenters. The maximum absolute atomic E-state index is 11.3. The van der Waals surface area contributed by atoms with Gasteiger partial charge in [0, 0.05) is 18.0 Å². The topological polar surface area (TPSA) is 20.3 Å². The monoisotopic (exact) mass is 193 g/mol. The van der Waals surface area contributed by atoms with Crippen molar-refractivity contribution in [1.82, 2.24) is 4.90 Å². The quantitative estimate of drug-likeness (QED) is 0.623. The third kappa shape index (κ3) is 1.52. The van der Waals surface area contributed by atoms with E-state index in [9.17, 15) is 4.79 Å². The molecule has 0 N–H and O–H groups in total. The molecule has 68 valence electrons. The van der Waals surface area contributed by atoms with Crippen molar-refractivity contribution >= 4 is 17.2 Å². The number of thiophene rings is 1. The van der Waals surface area contributed by atoms with Gasteiger partial charge in [-0.3, -0.25) is 4.79 Å². The molecule has 0 radical (unpaired) electrons. The van der Waals surface area contributed by atoms with Gasteiger partial charge in [-0.05, 0) is 29.5 Å². The van der Waals surface area contributed by atoms with E-state index in [1.165, 1.54) is 16.5 Å². The zero-order chi connectivity index (χ0) is 9.26. The van der Waals surface area contributed by atoms with Crippen LogP contribution in [0.15, 0.2) is 24.1 Å². The second kappa shape index (κ2) is 3.34. The molecule has 0 fully saturated rings. The average molecular weight is 193 g/mol. The van der Waals surface area contributed by atoms with Crippen molar-refractivity contribution in [2.24, 2.45) is 0 Å². The number of rotatable bonds is 1. The second-order valence-electron chi connectivity index (χ2n) is 3.08. The molecular formula is C10H11NOS. The fourth-order valence-electron chi connectivity index (χ4n) is 1.57. The van der Waals surface area contributed by atoms with Gasteiger partial charge in [0.05, 0.1) is 0 Å². The lowest BCUT2D eigenvalue weighted by molar-refractivity contribution is -0.126. The van der Waals surface area contributed by atoms with Gasteiger partial charge in [-0.15, -0.1) is 11.3 Å². The molecule has 1 aliphatic rings. The van der Waals surface area contributed by atoms with Crippen LogP contribution in [0.3, 0.4) is 0 Å². The van der Waals surface area contributed by atoms with E-state index in [2.05, 4.69) is 18.0 Å². The van der Waals surface area contributed by atoms with Crippen LogP contribution in [0.5, 0.6) is 0 Å². The van der Waals surface area contributed by atoms with E-state index in [-0.39, 0.29) is 5.91 Å². The molecule has 1 aromatic rings. The Kier molecular flexibility index (Phi) is 2.19. The van der Waals surface area contributed by atoms with Gasteiger partial charge in [-0.1, -0.05) is 6.58 Å². The van der Waals surface area contributed by atoms with E-state index in [0.29, 0.717) is 0 Å². The van der Waals surface area contributed by atoms with Gasteiger partial charge in [-0.25, -0.2) is 0 Å². The van der Waals surface area contributed by atoms with E-state index in [4.69, 9.17) is 0 Å². The summed E-state index contributed by atoms with van der Waals surface area (Å²) in [5, 5.41) is 2.09. The van der Waals surface area contributed by atoms with Crippen molar-refractivity contribution in [3.05, 3.63) is 34.5 Å². The van der Waals surface area contributed by atoms with Gasteiger partial charge in [0.2, 0.25) is 5.91 Å². The van der Waals surface area contributed by atoms with Crippen LogP contribution >= 0.6 is 11.3 Å². The van der Waals surface area contributed by atoms with Crippen molar-refractivity contribution in [3.8, 4) is 0 Å². The molecule has 1 aliphatic heterocycles. The van der Waals surface area contributed by atoms with Crippen molar-refractivity contribution < 1.29 is 4.79 Å². The van der Waals surface area contributed by atoms with Gasteiger partial charge in [0.15, 0.2) is 0 Å². The van der Waals surface area contributed by atoms with Gasteiger partial charge in [0.25, 0.3) is 0 Å². The average Bonchev–Trinajstić information content (AvgIpc) is 2.63. The molecule has 0 atom stereocenters. The first-order valence-electron chi connectivity index (χ1n) is 4.28. The molecule has 0 aromatic carbocycles. The normalized spacial score (nSPS) is 15.2. The molecule has 2 nitrogen and oxygen atoms in total. The standard InChI is InChI=1S/C10H11NOS/c1-2-10(12)11-5-3-9-8(7-11)4-6-13-9/h2,4,6H,1,3,5,7H2. The summed E-state index contributed by atoms with van der Waals surface area (Å²) in [6.45, 7) is 5.08. The minimum atomic E-state index is 0.0388. The van der Waals surface area contributed by atoms with E-state index in [1.54, 1.807) is 11.3 Å². The highest BCUT2D eigenvalue weighted by Crippen LogP contribution is 2.23. The fraction of sp³-hybridized carbons (Fsp3) is 0.300. The number of hydrogen-bond acceptors (Lipinski definition) is 2. The Morgan fingerprint density at radius 1 is 1.69 bits per heavy atom. The van der Waals surface area contributed by atoms with Crippen LogP contribution < -0.4 is 0 Å². The van der Waals surface area contributed by atoms with E-state index in [1.807, 2.05) is 4.90 Å². The second-order valence-corrected chi connectivity index (χ2v) is 4.08. The zero-order valence-corrected chi connectivity index (χ0v) is 8.14. The lowest BCUT2D eigenvalue weighted by Gasteiger charge is -2.25. The van der Waals surface area contributed by atoms with Crippen molar-refractivity contribution in [3.63, 3.8) is 0 Å². The maximum atomic E-state index is 11.3. The van der Waals surface area contributed by atoms with Crippen LogP contribution in [-0.4, -0.2) is 17.4 Å². The Morgan fingerprint density at radius 3 is 3.31 bits per heavy atom. The van der Waals surface area contributed by atoms with Crippen LogP contribution in [0.25, 0.3) is 0 Å². The number of amides is 1. The van der Waals surface area contributed by atoms with Gasteiger partial charge in [-0.2, -0.15) is 0 Å². The highest BCUT2D eigenvalue weighted by atomic mass is 32.1. The first-order valence-corrected chi connectivity index (χ1v) is 5.16. The SMILES string of the molecule is C=CC(=O)N1CCc2sccc2C1. The molecule has 0 spiro atoms. The van der Waals surface area contributed by atoms with Crippen LogP contribution in [-0.2, 0) is 17.8 Å². The van der Waals surface area contributed by atoms with Gasteiger partial charge in [0.1, 0.15) is 0 Å². The minimum absolute atomic E-state index is 0.0388. The molecule has 0 saturated carbocycles. The zero-order valence-electron chi connectivity index (χ0n) is 7.32. The number of nitrogens with zero attached hydrogens (tertiary/aromatic N) is 1.